The SMILES string of the molecule is CCC1CCCCC1C(C)c1c(F)c(F)c(-c2cc(F)c(-c3ccccc3)c(F)c2F)c(F)c1F. The zero-order valence-corrected chi connectivity index (χ0v) is 19.4. The van der Waals surface area contributed by atoms with Crippen LogP contribution in [-0.4, -0.2) is 0 Å². The van der Waals surface area contributed by atoms with Crippen LogP contribution in [0.4, 0.5) is 30.7 Å². The summed E-state index contributed by atoms with van der Waals surface area (Å²) in [5.74, 6) is -12.8. The van der Waals surface area contributed by atoms with Crippen LogP contribution in [0.3, 0.4) is 0 Å². The van der Waals surface area contributed by atoms with Gasteiger partial charge < -0.3 is 0 Å². The number of hydrogen-bond acceptors (Lipinski definition) is 0. The molecule has 3 aromatic rings. The minimum atomic E-state index is -1.88. The number of benzene rings is 3. The topological polar surface area (TPSA) is 0 Å². The summed E-state index contributed by atoms with van der Waals surface area (Å²) in [7, 11) is 0. The van der Waals surface area contributed by atoms with Crippen molar-refractivity contribution in [3.63, 3.8) is 0 Å². The summed E-state index contributed by atoms with van der Waals surface area (Å²) >= 11 is 0. The summed E-state index contributed by atoms with van der Waals surface area (Å²) in [4.78, 5) is 0. The van der Waals surface area contributed by atoms with E-state index in [1.54, 1.807) is 6.07 Å². The van der Waals surface area contributed by atoms with E-state index in [0.29, 0.717) is 12.5 Å². The van der Waals surface area contributed by atoms with Crippen LogP contribution < -0.4 is 0 Å². The molecule has 0 heterocycles. The molecule has 186 valence electrons. The lowest BCUT2D eigenvalue weighted by Gasteiger charge is -2.36. The summed E-state index contributed by atoms with van der Waals surface area (Å²) in [5.41, 5.74) is -4.20. The maximum absolute atomic E-state index is 15.2. The van der Waals surface area contributed by atoms with Gasteiger partial charge in [0.1, 0.15) is 5.82 Å². The smallest absolute Gasteiger partial charge is 0.170 e. The second-order valence-electron chi connectivity index (χ2n) is 9.22. The molecule has 1 fully saturated rings. The number of rotatable bonds is 5. The van der Waals surface area contributed by atoms with Crippen molar-refractivity contribution in [3.8, 4) is 22.3 Å². The second kappa shape index (κ2) is 10.0. The van der Waals surface area contributed by atoms with E-state index in [1.807, 2.05) is 6.92 Å². The molecule has 1 aliphatic rings. The predicted molar refractivity (Wildman–Crippen MR) is 121 cm³/mol. The highest BCUT2D eigenvalue weighted by atomic mass is 19.2. The molecule has 0 aliphatic heterocycles. The molecule has 3 atom stereocenters. The van der Waals surface area contributed by atoms with E-state index in [1.165, 1.54) is 31.2 Å². The van der Waals surface area contributed by atoms with Crippen LogP contribution >= 0.6 is 0 Å². The molecule has 0 N–H and O–H groups in total. The van der Waals surface area contributed by atoms with Crippen LogP contribution in [0.1, 0.15) is 57.4 Å². The van der Waals surface area contributed by atoms with Crippen LogP contribution in [0, 0.1) is 52.6 Å². The molecule has 0 saturated heterocycles. The Morgan fingerprint density at radius 1 is 0.743 bits per heavy atom. The van der Waals surface area contributed by atoms with Crippen molar-refractivity contribution in [1.82, 2.24) is 0 Å². The van der Waals surface area contributed by atoms with Crippen molar-refractivity contribution >= 4 is 0 Å². The summed E-state index contributed by atoms with van der Waals surface area (Å²) < 4.78 is 105. The van der Waals surface area contributed by atoms with Gasteiger partial charge in [0, 0.05) is 11.1 Å². The highest BCUT2D eigenvalue weighted by molar-refractivity contribution is 5.73. The Balaban J connectivity index is 1.86. The van der Waals surface area contributed by atoms with E-state index in [-0.39, 0.29) is 17.4 Å². The van der Waals surface area contributed by atoms with Crippen LogP contribution in [0.15, 0.2) is 36.4 Å². The first kappa shape index (κ1) is 25.3. The standard InChI is InChI=1S/C28H25F7/c1-3-15-9-7-8-12-17(15)14(2)20-24(31)27(34)22(28(35)25(20)32)18-13-19(29)21(26(33)23(18)30)16-10-5-4-6-11-16/h4-6,10-11,13-15,17H,3,7-9,12H2,1-2H3. The van der Waals surface area contributed by atoms with Gasteiger partial charge in [-0.3, -0.25) is 0 Å². The third-order valence-electron chi connectivity index (χ3n) is 7.38. The monoisotopic (exact) mass is 494 g/mol. The second-order valence-corrected chi connectivity index (χ2v) is 9.22. The number of hydrogen-bond donors (Lipinski definition) is 0. The quantitative estimate of drug-likeness (QED) is 0.245. The lowest BCUT2D eigenvalue weighted by Crippen LogP contribution is -2.26. The molecular formula is C28H25F7. The third kappa shape index (κ3) is 4.34. The maximum atomic E-state index is 15.2. The molecule has 3 aromatic carbocycles. The first-order valence-corrected chi connectivity index (χ1v) is 11.8. The van der Waals surface area contributed by atoms with E-state index in [2.05, 4.69) is 0 Å². The van der Waals surface area contributed by atoms with Crippen LogP contribution in [-0.2, 0) is 0 Å². The molecule has 4 rings (SSSR count). The molecule has 7 heteroatoms. The molecule has 0 radical (unpaired) electrons. The van der Waals surface area contributed by atoms with Crippen LogP contribution in [0.5, 0.6) is 0 Å². The fourth-order valence-electron chi connectivity index (χ4n) is 5.55. The van der Waals surface area contributed by atoms with Gasteiger partial charge in [-0.05, 0) is 35.8 Å². The van der Waals surface area contributed by atoms with Crippen molar-refractivity contribution in [2.75, 3.05) is 0 Å². The highest BCUT2D eigenvalue weighted by Crippen LogP contribution is 2.45. The van der Waals surface area contributed by atoms with Crippen LogP contribution in [0.2, 0.25) is 0 Å². The minimum Gasteiger partial charge on any atom is -0.206 e. The molecule has 0 aromatic heterocycles. The van der Waals surface area contributed by atoms with Gasteiger partial charge in [-0.25, -0.2) is 30.7 Å². The minimum absolute atomic E-state index is 0.00612. The van der Waals surface area contributed by atoms with E-state index in [9.17, 15) is 13.2 Å². The Labute approximate surface area is 199 Å². The lowest BCUT2D eigenvalue weighted by molar-refractivity contribution is 0.196. The first-order valence-electron chi connectivity index (χ1n) is 11.8. The third-order valence-corrected chi connectivity index (χ3v) is 7.38. The fraction of sp³-hybridized carbons (Fsp3) is 0.357. The zero-order valence-electron chi connectivity index (χ0n) is 19.4. The molecule has 35 heavy (non-hydrogen) atoms. The largest absolute Gasteiger partial charge is 0.206 e. The summed E-state index contributed by atoms with van der Waals surface area (Å²) in [6, 6.07) is 7.54. The van der Waals surface area contributed by atoms with Gasteiger partial charge in [-0.2, -0.15) is 0 Å². The van der Waals surface area contributed by atoms with Gasteiger partial charge in [-0.1, -0.05) is 69.9 Å². The van der Waals surface area contributed by atoms with E-state index in [4.69, 9.17) is 0 Å². The average Bonchev–Trinajstić information content (AvgIpc) is 2.86. The first-order chi connectivity index (χ1) is 16.7. The molecule has 0 spiro atoms. The Hall–Kier alpha value is -2.83. The Morgan fingerprint density at radius 2 is 1.31 bits per heavy atom. The molecule has 0 amide bonds. The average molecular weight is 494 g/mol. The Morgan fingerprint density at radius 3 is 1.91 bits per heavy atom. The molecular weight excluding hydrogens is 469 g/mol. The normalized spacial score (nSPS) is 19.1. The van der Waals surface area contributed by atoms with Crippen molar-refractivity contribution in [1.29, 1.82) is 0 Å². The van der Waals surface area contributed by atoms with E-state index >= 15 is 17.6 Å². The van der Waals surface area contributed by atoms with Gasteiger partial charge in [0.05, 0.1) is 11.1 Å². The summed E-state index contributed by atoms with van der Waals surface area (Å²) in [5, 5.41) is 0. The lowest BCUT2D eigenvalue weighted by atomic mass is 9.69. The predicted octanol–water partition coefficient (Wildman–Crippen LogP) is 9.31. The Kier molecular flexibility index (Phi) is 7.25. The van der Waals surface area contributed by atoms with Crippen molar-refractivity contribution in [2.45, 2.75) is 51.9 Å². The number of halogens is 7. The maximum Gasteiger partial charge on any atom is 0.170 e. The van der Waals surface area contributed by atoms with Gasteiger partial charge in [-0.15, -0.1) is 0 Å². The van der Waals surface area contributed by atoms with Gasteiger partial charge >= 0.3 is 0 Å². The van der Waals surface area contributed by atoms with Crippen molar-refractivity contribution < 1.29 is 30.7 Å². The molecule has 1 aliphatic carbocycles. The molecule has 0 nitrogen and oxygen atoms in total. The van der Waals surface area contributed by atoms with Gasteiger partial charge in [0.15, 0.2) is 34.9 Å². The van der Waals surface area contributed by atoms with Gasteiger partial charge in [0.25, 0.3) is 0 Å². The Bertz CT molecular complexity index is 1210. The molecule has 3 unspecified atom stereocenters. The van der Waals surface area contributed by atoms with Crippen LogP contribution in [0.25, 0.3) is 22.3 Å². The van der Waals surface area contributed by atoms with Crippen molar-refractivity contribution in [2.24, 2.45) is 11.8 Å². The summed E-state index contributed by atoms with van der Waals surface area (Å²) in [6.45, 7) is 3.48. The molecule has 0 bridgehead atoms. The van der Waals surface area contributed by atoms with E-state index < -0.39 is 68.9 Å². The van der Waals surface area contributed by atoms with Crippen molar-refractivity contribution in [3.05, 3.63) is 82.7 Å². The van der Waals surface area contributed by atoms with Gasteiger partial charge in [0.2, 0.25) is 0 Å². The molecule has 1 saturated carbocycles. The zero-order chi connectivity index (χ0) is 25.4. The highest BCUT2D eigenvalue weighted by Gasteiger charge is 2.37. The fourth-order valence-corrected chi connectivity index (χ4v) is 5.55. The van der Waals surface area contributed by atoms with E-state index in [0.717, 1.165) is 25.7 Å². The summed E-state index contributed by atoms with van der Waals surface area (Å²) in [6.07, 6.45) is 4.10.